The summed E-state index contributed by atoms with van der Waals surface area (Å²) in [6, 6.07) is 14.1. The van der Waals surface area contributed by atoms with Crippen LogP contribution >= 0.6 is 0 Å². The van der Waals surface area contributed by atoms with Crippen molar-refractivity contribution >= 4 is 16.7 Å². The van der Waals surface area contributed by atoms with Crippen molar-refractivity contribution in [3.05, 3.63) is 54.3 Å². The molecule has 3 rings (SSSR count). The topological polar surface area (TPSA) is 51.5 Å². The molecule has 0 aliphatic rings. The van der Waals surface area contributed by atoms with Crippen LogP contribution in [0.3, 0.4) is 0 Å². The number of nitrogens with one attached hydrogen (secondary N) is 1. The molecule has 1 N–H and O–H groups in total. The largest absolute Gasteiger partial charge is 0.496 e. The molecule has 0 fully saturated rings. The van der Waals surface area contributed by atoms with E-state index in [0.717, 1.165) is 34.3 Å². The van der Waals surface area contributed by atoms with E-state index in [9.17, 15) is 4.79 Å². The second kappa shape index (κ2) is 6.57. The van der Waals surface area contributed by atoms with Crippen LogP contribution in [0.25, 0.3) is 22.1 Å². The smallest absolute Gasteiger partial charge is 0.216 e. The fraction of sp³-hybridized carbons (Fsp3) is 0.211. The average molecular weight is 309 g/mol. The summed E-state index contributed by atoms with van der Waals surface area (Å²) in [7, 11) is 1.66. The maximum atomic E-state index is 11.0. The zero-order valence-corrected chi connectivity index (χ0v) is 13.3. The predicted molar refractivity (Wildman–Crippen MR) is 90.6 cm³/mol. The third-order valence-electron chi connectivity index (χ3n) is 3.85. The van der Waals surface area contributed by atoms with Gasteiger partial charge in [0.05, 0.1) is 18.9 Å². The molecule has 3 aromatic rings. The molecule has 0 saturated carbocycles. The molecule has 4 nitrogen and oxygen atoms in total. The van der Waals surface area contributed by atoms with Crippen molar-refractivity contribution in [2.75, 3.05) is 13.7 Å². The molecule has 1 aromatic heterocycles. The molecule has 0 aliphatic carbocycles. The van der Waals surface area contributed by atoms with Crippen LogP contribution in [0.15, 0.2) is 53.1 Å². The van der Waals surface area contributed by atoms with Gasteiger partial charge in [-0.2, -0.15) is 0 Å². The van der Waals surface area contributed by atoms with Gasteiger partial charge in [0.1, 0.15) is 11.5 Å². The first-order valence-corrected chi connectivity index (χ1v) is 7.57. The number of hydrogen-bond acceptors (Lipinski definition) is 3. The summed E-state index contributed by atoms with van der Waals surface area (Å²) in [6.07, 6.45) is 2.43. The maximum Gasteiger partial charge on any atom is 0.216 e. The van der Waals surface area contributed by atoms with Crippen LogP contribution in [0, 0.1) is 0 Å². The highest BCUT2D eigenvalue weighted by Gasteiger charge is 2.12. The molecule has 1 heterocycles. The highest BCUT2D eigenvalue weighted by Crippen LogP contribution is 2.35. The molecule has 0 spiro atoms. The van der Waals surface area contributed by atoms with Crippen molar-refractivity contribution in [1.29, 1.82) is 0 Å². The Morgan fingerprint density at radius 2 is 2.09 bits per heavy atom. The number of carbonyl (C=O) groups is 1. The Morgan fingerprint density at radius 3 is 2.78 bits per heavy atom. The van der Waals surface area contributed by atoms with Crippen molar-refractivity contribution < 1.29 is 13.9 Å². The average Bonchev–Trinajstić information content (AvgIpc) is 3.07. The van der Waals surface area contributed by atoms with E-state index in [1.807, 2.05) is 24.3 Å². The van der Waals surface area contributed by atoms with Gasteiger partial charge in [-0.1, -0.05) is 18.2 Å². The summed E-state index contributed by atoms with van der Waals surface area (Å²) in [5.74, 6) is 1.55. The van der Waals surface area contributed by atoms with Crippen molar-refractivity contribution in [3.8, 4) is 17.1 Å². The van der Waals surface area contributed by atoms with Crippen molar-refractivity contribution in [1.82, 2.24) is 5.32 Å². The number of ether oxygens (including phenoxy) is 1. The van der Waals surface area contributed by atoms with Gasteiger partial charge in [0.25, 0.3) is 0 Å². The van der Waals surface area contributed by atoms with E-state index in [-0.39, 0.29) is 5.91 Å². The number of furan rings is 1. The quantitative estimate of drug-likeness (QED) is 0.780. The van der Waals surface area contributed by atoms with E-state index in [2.05, 4.69) is 23.5 Å². The Kier molecular flexibility index (Phi) is 4.33. The summed E-state index contributed by atoms with van der Waals surface area (Å²) in [5, 5.41) is 5.09. The lowest BCUT2D eigenvalue weighted by Gasteiger charge is -2.12. The summed E-state index contributed by atoms with van der Waals surface area (Å²) in [5.41, 5.74) is 2.12. The molecule has 0 aliphatic heterocycles. The lowest BCUT2D eigenvalue weighted by molar-refractivity contribution is -0.118. The minimum Gasteiger partial charge on any atom is -0.496 e. The van der Waals surface area contributed by atoms with Crippen LogP contribution in [-0.2, 0) is 11.2 Å². The van der Waals surface area contributed by atoms with Gasteiger partial charge in [0.15, 0.2) is 0 Å². The molecular formula is C19H19NO3. The second-order valence-corrected chi connectivity index (χ2v) is 5.40. The Labute approximate surface area is 135 Å². The minimum absolute atomic E-state index is 0.0112. The number of amides is 1. The van der Waals surface area contributed by atoms with Crippen LogP contribution in [0.4, 0.5) is 0 Å². The zero-order chi connectivity index (χ0) is 16.2. The highest BCUT2D eigenvalue weighted by molar-refractivity contribution is 5.92. The molecule has 0 bridgehead atoms. The van der Waals surface area contributed by atoms with Gasteiger partial charge in [0.2, 0.25) is 5.91 Å². The molecule has 2 aromatic carbocycles. The number of methoxy groups -OCH3 is 1. The van der Waals surface area contributed by atoms with E-state index < -0.39 is 0 Å². The maximum absolute atomic E-state index is 11.0. The Balaban J connectivity index is 2.03. The second-order valence-electron chi connectivity index (χ2n) is 5.40. The first kappa shape index (κ1) is 15.2. The Morgan fingerprint density at radius 1 is 1.22 bits per heavy atom. The monoisotopic (exact) mass is 309 g/mol. The van der Waals surface area contributed by atoms with Gasteiger partial charge in [-0.3, -0.25) is 4.79 Å². The first-order chi connectivity index (χ1) is 11.2. The van der Waals surface area contributed by atoms with E-state index >= 15 is 0 Å². The fourth-order valence-corrected chi connectivity index (χ4v) is 2.75. The molecule has 4 heteroatoms. The number of rotatable bonds is 5. The van der Waals surface area contributed by atoms with Gasteiger partial charge in [-0.25, -0.2) is 0 Å². The minimum atomic E-state index is -0.0112. The van der Waals surface area contributed by atoms with E-state index in [1.165, 1.54) is 12.5 Å². The van der Waals surface area contributed by atoms with Crippen LogP contribution < -0.4 is 10.1 Å². The normalized spacial score (nSPS) is 10.7. The molecule has 1 amide bonds. The molecule has 118 valence electrons. The number of carbonyl (C=O) groups excluding carboxylic acids is 1. The van der Waals surface area contributed by atoms with E-state index in [1.54, 1.807) is 13.4 Å². The summed E-state index contributed by atoms with van der Waals surface area (Å²) < 4.78 is 11.1. The van der Waals surface area contributed by atoms with Crippen LogP contribution in [0.2, 0.25) is 0 Å². The van der Waals surface area contributed by atoms with Gasteiger partial charge in [-0.15, -0.1) is 0 Å². The van der Waals surface area contributed by atoms with Crippen LogP contribution in [0.5, 0.6) is 5.75 Å². The lowest BCUT2D eigenvalue weighted by atomic mass is 9.98. The van der Waals surface area contributed by atoms with Crippen LogP contribution in [-0.4, -0.2) is 19.6 Å². The van der Waals surface area contributed by atoms with Crippen molar-refractivity contribution in [2.24, 2.45) is 0 Å². The van der Waals surface area contributed by atoms with Crippen molar-refractivity contribution in [2.45, 2.75) is 13.3 Å². The van der Waals surface area contributed by atoms with E-state index in [4.69, 9.17) is 9.15 Å². The lowest BCUT2D eigenvalue weighted by Crippen LogP contribution is -2.22. The van der Waals surface area contributed by atoms with Crippen molar-refractivity contribution in [3.63, 3.8) is 0 Å². The highest BCUT2D eigenvalue weighted by atomic mass is 16.5. The number of fused-ring (bicyclic) bond motifs is 1. The summed E-state index contributed by atoms with van der Waals surface area (Å²) in [6.45, 7) is 2.15. The Hall–Kier alpha value is -2.75. The molecule has 23 heavy (non-hydrogen) atoms. The van der Waals surface area contributed by atoms with Crippen LogP contribution in [0.1, 0.15) is 12.5 Å². The molecule has 0 atom stereocenters. The molecule has 0 unspecified atom stereocenters. The van der Waals surface area contributed by atoms with Gasteiger partial charge >= 0.3 is 0 Å². The molecular weight excluding hydrogens is 290 g/mol. The molecule has 0 radical (unpaired) electrons. The fourth-order valence-electron chi connectivity index (χ4n) is 2.75. The summed E-state index contributed by atoms with van der Waals surface area (Å²) >= 11 is 0. The summed E-state index contributed by atoms with van der Waals surface area (Å²) in [4.78, 5) is 11.0. The van der Waals surface area contributed by atoms with Gasteiger partial charge < -0.3 is 14.5 Å². The van der Waals surface area contributed by atoms with Gasteiger partial charge in [-0.05, 0) is 47.0 Å². The third-order valence-corrected chi connectivity index (χ3v) is 3.85. The standard InChI is InChI=1S/C19H19NO3/c1-13(21)20-9-8-14-5-3-6-15-11-17(18-7-4-10-23-18)19(22-2)12-16(14)15/h3-7,10-12H,8-9H2,1-2H3,(H,20,21). The third kappa shape index (κ3) is 3.21. The number of benzene rings is 2. The Bertz CT molecular complexity index is 822. The number of hydrogen-bond donors (Lipinski definition) is 1. The zero-order valence-electron chi connectivity index (χ0n) is 13.3. The van der Waals surface area contributed by atoms with E-state index in [0.29, 0.717) is 6.54 Å². The predicted octanol–water partition coefficient (Wildman–Crippen LogP) is 3.79. The van der Waals surface area contributed by atoms with Gasteiger partial charge in [0, 0.05) is 13.5 Å². The molecule has 0 saturated heterocycles. The first-order valence-electron chi connectivity index (χ1n) is 7.57. The SMILES string of the molecule is COc1cc2c(CCNC(C)=O)cccc2cc1-c1ccco1.